The molecule has 0 bridgehead atoms. The molecule has 4 rings (SSSR count). The molecule has 1 aromatic heterocycles. The summed E-state index contributed by atoms with van der Waals surface area (Å²) >= 11 is 0. The fraction of sp³-hybridized carbons (Fsp3) is 0.185. The second-order valence-electron chi connectivity index (χ2n) is 7.89. The molecule has 0 aliphatic carbocycles. The first-order valence-corrected chi connectivity index (χ1v) is 11.1. The minimum absolute atomic E-state index is 0.0963. The van der Waals surface area contributed by atoms with E-state index in [1.54, 1.807) is 18.2 Å². The number of hydrogen-bond donors (Lipinski definition) is 1. The Morgan fingerprint density at radius 3 is 2.17 bits per heavy atom. The number of Topliss-reactive ketones (excluding diaryl/α,β-unsaturated/α-hetero) is 1. The molecular formula is C27H25N3O5. The second kappa shape index (κ2) is 10.8. The van der Waals surface area contributed by atoms with Crippen LogP contribution in [0.25, 0.3) is 22.5 Å². The monoisotopic (exact) mass is 471 g/mol. The Kier molecular flexibility index (Phi) is 7.32. The van der Waals surface area contributed by atoms with Gasteiger partial charge in [0, 0.05) is 16.7 Å². The number of aromatic nitrogens is 3. The third-order valence-electron chi connectivity index (χ3n) is 5.35. The molecule has 1 N–H and O–H groups in total. The van der Waals surface area contributed by atoms with Gasteiger partial charge in [-0.05, 0) is 25.1 Å². The molecule has 8 nitrogen and oxygen atoms in total. The first kappa shape index (κ1) is 23.8. The van der Waals surface area contributed by atoms with E-state index in [9.17, 15) is 14.7 Å². The van der Waals surface area contributed by atoms with E-state index in [1.165, 1.54) is 14.0 Å². The predicted octanol–water partition coefficient (Wildman–Crippen LogP) is 3.62. The molecule has 4 aromatic rings. The maximum absolute atomic E-state index is 12.8. The van der Waals surface area contributed by atoms with Crippen molar-refractivity contribution < 1.29 is 19.4 Å². The molecule has 3 aromatic carbocycles. The zero-order chi connectivity index (χ0) is 24.8. The summed E-state index contributed by atoms with van der Waals surface area (Å²) in [6.45, 7) is 1.23. The number of aliphatic hydroxyl groups is 1. The highest BCUT2D eigenvalue weighted by Crippen LogP contribution is 2.29. The summed E-state index contributed by atoms with van der Waals surface area (Å²) in [4.78, 5) is 28.7. The molecule has 0 saturated heterocycles. The standard InChI is InChI=1S/C27H25N3O5/c1-18(31)21-13-14-23(24(15-21)34-2)35-17-22(32)16-30-27(33)28-25(19-9-5-3-6-10-19)26(29-30)20-11-7-4-8-12-20/h3-15,22,32H,16-17H2,1-2H3/t22-/m0/s1. The van der Waals surface area contributed by atoms with E-state index >= 15 is 0 Å². The molecule has 0 aliphatic heterocycles. The van der Waals surface area contributed by atoms with Crippen molar-refractivity contribution in [2.75, 3.05) is 13.7 Å². The van der Waals surface area contributed by atoms with E-state index in [0.29, 0.717) is 28.5 Å². The molecule has 1 atom stereocenters. The van der Waals surface area contributed by atoms with Crippen LogP contribution in [0, 0.1) is 0 Å². The van der Waals surface area contributed by atoms with Crippen molar-refractivity contribution in [1.29, 1.82) is 0 Å². The van der Waals surface area contributed by atoms with E-state index in [4.69, 9.17) is 9.47 Å². The number of ether oxygens (including phenoxy) is 2. The van der Waals surface area contributed by atoms with Crippen molar-refractivity contribution in [3.05, 3.63) is 94.9 Å². The van der Waals surface area contributed by atoms with E-state index in [1.807, 2.05) is 60.7 Å². The molecule has 8 heteroatoms. The Balaban J connectivity index is 1.58. The van der Waals surface area contributed by atoms with Gasteiger partial charge in [-0.2, -0.15) is 10.1 Å². The van der Waals surface area contributed by atoms with Crippen LogP contribution < -0.4 is 15.2 Å². The fourth-order valence-electron chi connectivity index (χ4n) is 3.57. The lowest BCUT2D eigenvalue weighted by molar-refractivity contribution is 0.0861. The summed E-state index contributed by atoms with van der Waals surface area (Å²) in [6, 6.07) is 23.6. The van der Waals surface area contributed by atoms with Crippen LogP contribution in [0.5, 0.6) is 11.5 Å². The molecule has 178 valence electrons. The average molecular weight is 472 g/mol. The van der Waals surface area contributed by atoms with Crippen LogP contribution in [0.15, 0.2) is 83.7 Å². The first-order chi connectivity index (χ1) is 17.0. The van der Waals surface area contributed by atoms with Gasteiger partial charge in [0.15, 0.2) is 17.3 Å². The van der Waals surface area contributed by atoms with Gasteiger partial charge in [-0.25, -0.2) is 9.48 Å². The van der Waals surface area contributed by atoms with Gasteiger partial charge in [-0.15, -0.1) is 0 Å². The van der Waals surface area contributed by atoms with Crippen LogP contribution in [-0.4, -0.2) is 45.5 Å². The quantitative estimate of drug-likeness (QED) is 0.372. The Hall–Kier alpha value is -4.30. The Morgan fingerprint density at radius 1 is 0.943 bits per heavy atom. The number of carbonyl (C=O) groups excluding carboxylic acids is 1. The Bertz CT molecular complexity index is 1370. The Labute approximate surface area is 202 Å². The number of aliphatic hydroxyl groups excluding tert-OH is 1. The van der Waals surface area contributed by atoms with Gasteiger partial charge in [0.05, 0.1) is 13.7 Å². The molecule has 0 amide bonds. The minimum atomic E-state index is -1.05. The van der Waals surface area contributed by atoms with Crippen molar-refractivity contribution in [2.24, 2.45) is 0 Å². The van der Waals surface area contributed by atoms with E-state index < -0.39 is 11.8 Å². The van der Waals surface area contributed by atoms with Crippen LogP contribution in [-0.2, 0) is 6.54 Å². The molecule has 1 heterocycles. The summed E-state index contributed by atoms with van der Waals surface area (Å²) < 4.78 is 12.1. The average Bonchev–Trinajstić information content (AvgIpc) is 2.89. The smallest absolute Gasteiger partial charge is 0.364 e. The summed E-state index contributed by atoms with van der Waals surface area (Å²) in [5, 5.41) is 15.1. The lowest BCUT2D eigenvalue weighted by atomic mass is 10.0. The van der Waals surface area contributed by atoms with Gasteiger partial charge in [0.1, 0.15) is 24.1 Å². The molecule has 0 radical (unpaired) electrons. The molecule has 0 aliphatic rings. The highest BCUT2D eigenvalue weighted by Gasteiger charge is 2.17. The number of carbonyl (C=O) groups is 1. The number of benzene rings is 3. The van der Waals surface area contributed by atoms with Crippen LogP contribution >= 0.6 is 0 Å². The van der Waals surface area contributed by atoms with Gasteiger partial charge >= 0.3 is 5.69 Å². The number of ketones is 1. The maximum Gasteiger partial charge on any atom is 0.364 e. The highest BCUT2D eigenvalue weighted by atomic mass is 16.5. The zero-order valence-corrected chi connectivity index (χ0v) is 19.4. The largest absolute Gasteiger partial charge is 0.493 e. The molecule has 0 spiro atoms. The van der Waals surface area contributed by atoms with Gasteiger partial charge in [-0.1, -0.05) is 60.7 Å². The molecule has 0 unspecified atom stereocenters. The lowest BCUT2D eigenvalue weighted by Gasteiger charge is -2.16. The third-order valence-corrected chi connectivity index (χ3v) is 5.35. The Morgan fingerprint density at radius 2 is 1.57 bits per heavy atom. The minimum Gasteiger partial charge on any atom is -0.493 e. The number of methoxy groups -OCH3 is 1. The van der Waals surface area contributed by atoms with Crippen molar-refractivity contribution in [3.63, 3.8) is 0 Å². The van der Waals surface area contributed by atoms with Crippen molar-refractivity contribution in [3.8, 4) is 34.0 Å². The van der Waals surface area contributed by atoms with Crippen LogP contribution in [0.1, 0.15) is 17.3 Å². The van der Waals surface area contributed by atoms with Crippen LogP contribution in [0.3, 0.4) is 0 Å². The van der Waals surface area contributed by atoms with E-state index in [2.05, 4.69) is 10.1 Å². The summed E-state index contributed by atoms with van der Waals surface area (Å²) in [5.74, 6) is 0.654. The molecular weight excluding hydrogens is 446 g/mol. The van der Waals surface area contributed by atoms with Crippen molar-refractivity contribution in [2.45, 2.75) is 19.6 Å². The van der Waals surface area contributed by atoms with Gasteiger partial charge < -0.3 is 14.6 Å². The van der Waals surface area contributed by atoms with Crippen LogP contribution in [0.4, 0.5) is 0 Å². The summed E-state index contributed by atoms with van der Waals surface area (Å²) in [7, 11) is 1.47. The van der Waals surface area contributed by atoms with Crippen molar-refractivity contribution in [1.82, 2.24) is 14.8 Å². The molecule has 0 saturated carbocycles. The van der Waals surface area contributed by atoms with E-state index in [-0.39, 0.29) is 18.9 Å². The normalized spacial score (nSPS) is 11.6. The first-order valence-electron chi connectivity index (χ1n) is 11.1. The third kappa shape index (κ3) is 5.62. The highest BCUT2D eigenvalue weighted by molar-refractivity contribution is 5.94. The predicted molar refractivity (Wildman–Crippen MR) is 132 cm³/mol. The maximum atomic E-state index is 12.8. The fourth-order valence-corrected chi connectivity index (χ4v) is 3.57. The lowest BCUT2D eigenvalue weighted by Crippen LogP contribution is -2.34. The second-order valence-corrected chi connectivity index (χ2v) is 7.89. The number of rotatable bonds is 9. The zero-order valence-electron chi connectivity index (χ0n) is 19.4. The number of nitrogens with zero attached hydrogens (tertiary/aromatic N) is 3. The summed E-state index contributed by atoms with van der Waals surface area (Å²) in [6.07, 6.45) is -1.05. The van der Waals surface area contributed by atoms with Crippen molar-refractivity contribution >= 4 is 5.78 Å². The SMILES string of the molecule is COc1cc(C(C)=O)ccc1OC[C@@H](O)Cn1nc(-c2ccccc2)c(-c2ccccc2)nc1=O. The van der Waals surface area contributed by atoms with Gasteiger partial charge in [-0.3, -0.25) is 4.79 Å². The van der Waals surface area contributed by atoms with Gasteiger partial charge in [0.2, 0.25) is 0 Å². The molecule has 0 fully saturated rings. The molecule has 35 heavy (non-hydrogen) atoms. The number of hydrogen-bond acceptors (Lipinski definition) is 7. The van der Waals surface area contributed by atoms with Gasteiger partial charge in [0.25, 0.3) is 0 Å². The van der Waals surface area contributed by atoms with E-state index in [0.717, 1.165) is 15.8 Å². The van der Waals surface area contributed by atoms with Crippen LogP contribution in [0.2, 0.25) is 0 Å². The summed E-state index contributed by atoms with van der Waals surface area (Å²) in [5.41, 5.74) is 2.49. The topological polar surface area (TPSA) is 104 Å².